The minimum Gasteiger partial charge on any atom is -0.619 e. The van der Waals surface area contributed by atoms with Crippen molar-refractivity contribution in [2.24, 2.45) is 0 Å². The number of aromatic nitrogens is 1. The molecule has 0 saturated carbocycles. The van der Waals surface area contributed by atoms with E-state index in [0.717, 1.165) is 19.4 Å². The third-order valence-corrected chi connectivity index (χ3v) is 4.41. The zero-order valence-corrected chi connectivity index (χ0v) is 11.2. The molecule has 0 radical (unpaired) electrons. The molecule has 2 aromatic rings. The summed E-state index contributed by atoms with van der Waals surface area (Å²) in [5, 5.41) is 13.1. The largest absolute Gasteiger partial charge is 0.619 e. The lowest BCUT2D eigenvalue weighted by Gasteiger charge is -2.23. The summed E-state index contributed by atoms with van der Waals surface area (Å²) < 4.78 is 0.692. The second-order valence-corrected chi connectivity index (χ2v) is 5.60. The zero-order chi connectivity index (χ0) is 13.2. The average Bonchev–Trinajstić information content (AvgIpc) is 3.09. The number of rotatable bonds is 2. The SMILES string of the molecule is O=C(c1cc[n+]([O-])cc1)N1CCCC1c1cccs1. The summed E-state index contributed by atoms with van der Waals surface area (Å²) in [6, 6.07) is 7.45. The molecule has 1 unspecified atom stereocenters. The van der Waals surface area contributed by atoms with Gasteiger partial charge in [0, 0.05) is 23.6 Å². The Bertz CT molecular complexity index is 566. The van der Waals surface area contributed by atoms with Crippen LogP contribution in [0.2, 0.25) is 0 Å². The average molecular weight is 274 g/mol. The maximum atomic E-state index is 12.5. The predicted molar refractivity (Wildman–Crippen MR) is 72.7 cm³/mol. The molecule has 1 saturated heterocycles. The highest BCUT2D eigenvalue weighted by molar-refractivity contribution is 7.10. The van der Waals surface area contributed by atoms with Crippen LogP contribution in [0.5, 0.6) is 0 Å². The molecule has 4 nitrogen and oxygen atoms in total. The van der Waals surface area contributed by atoms with Crippen LogP contribution in [-0.2, 0) is 0 Å². The van der Waals surface area contributed by atoms with Crippen molar-refractivity contribution in [2.45, 2.75) is 18.9 Å². The van der Waals surface area contributed by atoms with E-state index in [1.807, 2.05) is 16.3 Å². The number of thiophene rings is 1. The molecule has 3 rings (SSSR count). The molecule has 19 heavy (non-hydrogen) atoms. The van der Waals surface area contributed by atoms with E-state index in [2.05, 4.69) is 6.07 Å². The molecule has 98 valence electrons. The Morgan fingerprint density at radius 1 is 1.37 bits per heavy atom. The molecular weight excluding hydrogens is 260 g/mol. The minimum absolute atomic E-state index is 0.0106. The molecule has 0 aromatic carbocycles. The van der Waals surface area contributed by atoms with Gasteiger partial charge in [0.15, 0.2) is 12.4 Å². The van der Waals surface area contributed by atoms with E-state index in [0.29, 0.717) is 10.3 Å². The molecule has 1 aliphatic rings. The third kappa shape index (κ3) is 2.33. The first-order valence-corrected chi connectivity index (χ1v) is 7.17. The molecule has 0 aliphatic carbocycles. The van der Waals surface area contributed by atoms with Crippen LogP contribution in [0.15, 0.2) is 42.0 Å². The van der Waals surface area contributed by atoms with E-state index in [9.17, 15) is 10.0 Å². The standard InChI is InChI=1S/C14H14N2O2S/c17-14(11-5-8-15(18)9-6-11)16-7-1-3-12(16)13-4-2-10-19-13/h2,4-6,8-10,12H,1,3,7H2. The van der Waals surface area contributed by atoms with E-state index < -0.39 is 0 Å². The summed E-state index contributed by atoms with van der Waals surface area (Å²) in [6.45, 7) is 0.785. The topological polar surface area (TPSA) is 47.2 Å². The fraction of sp³-hybridized carbons (Fsp3) is 0.286. The van der Waals surface area contributed by atoms with Crippen LogP contribution in [0.3, 0.4) is 0 Å². The van der Waals surface area contributed by atoms with Crippen LogP contribution in [0.1, 0.15) is 34.1 Å². The number of hydrogen-bond acceptors (Lipinski definition) is 3. The van der Waals surface area contributed by atoms with Gasteiger partial charge in [0.1, 0.15) is 0 Å². The number of amides is 1. The smallest absolute Gasteiger partial charge is 0.254 e. The molecule has 1 aliphatic heterocycles. The molecule has 0 spiro atoms. The van der Waals surface area contributed by atoms with Crippen LogP contribution >= 0.6 is 11.3 Å². The Labute approximate surface area is 115 Å². The molecule has 5 heteroatoms. The first-order valence-electron chi connectivity index (χ1n) is 6.29. The fourth-order valence-corrected chi connectivity index (χ4v) is 3.38. The van der Waals surface area contributed by atoms with Crippen LogP contribution in [0.4, 0.5) is 0 Å². The Hall–Kier alpha value is -1.88. The molecule has 1 amide bonds. The van der Waals surface area contributed by atoms with Crippen molar-refractivity contribution in [1.29, 1.82) is 0 Å². The summed E-state index contributed by atoms with van der Waals surface area (Å²) in [6.07, 6.45) is 4.77. The van der Waals surface area contributed by atoms with Crippen molar-refractivity contribution in [3.8, 4) is 0 Å². The van der Waals surface area contributed by atoms with Gasteiger partial charge in [-0.2, -0.15) is 4.73 Å². The molecule has 3 heterocycles. The number of carbonyl (C=O) groups excluding carboxylic acids is 1. The fourth-order valence-electron chi connectivity index (χ4n) is 2.51. The lowest BCUT2D eigenvalue weighted by molar-refractivity contribution is -0.605. The van der Waals surface area contributed by atoms with Gasteiger partial charge in [0.25, 0.3) is 5.91 Å². The Morgan fingerprint density at radius 2 is 2.16 bits per heavy atom. The van der Waals surface area contributed by atoms with Crippen molar-refractivity contribution < 1.29 is 9.52 Å². The number of hydrogen-bond donors (Lipinski definition) is 0. The van der Waals surface area contributed by atoms with Gasteiger partial charge in [-0.3, -0.25) is 4.79 Å². The first-order chi connectivity index (χ1) is 9.25. The van der Waals surface area contributed by atoms with Gasteiger partial charge in [-0.15, -0.1) is 11.3 Å². The minimum atomic E-state index is 0.0106. The summed E-state index contributed by atoms with van der Waals surface area (Å²) in [5.74, 6) is 0.0106. The maximum Gasteiger partial charge on any atom is 0.254 e. The lowest BCUT2D eigenvalue weighted by atomic mass is 10.1. The van der Waals surface area contributed by atoms with Gasteiger partial charge in [0.05, 0.1) is 11.6 Å². The normalized spacial score (nSPS) is 18.7. The van der Waals surface area contributed by atoms with E-state index in [-0.39, 0.29) is 11.9 Å². The molecule has 1 fully saturated rings. The summed E-state index contributed by atoms with van der Waals surface area (Å²) >= 11 is 1.69. The molecule has 0 bridgehead atoms. The highest BCUT2D eigenvalue weighted by Gasteiger charge is 2.31. The quantitative estimate of drug-likeness (QED) is 0.623. The van der Waals surface area contributed by atoms with Crippen molar-refractivity contribution in [2.75, 3.05) is 6.54 Å². The van der Waals surface area contributed by atoms with E-state index >= 15 is 0 Å². The van der Waals surface area contributed by atoms with Gasteiger partial charge in [-0.05, 0) is 24.3 Å². The Kier molecular flexibility index (Phi) is 3.21. The predicted octanol–water partition coefficient (Wildman–Crippen LogP) is 2.36. The van der Waals surface area contributed by atoms with Crippen LogP contribution < -0.4 is 4.73 Å². The number of pyridine rings is 1. The summed E-state index contributed by atoms with van der Waals surface area (Å²) in [4.78, 5) is 15.6. The van der Waals surface area contributed by atoms with Crippen molar-refractivity contribution in [3.05, 3.63) is 57.7 Å². The first kappa shape index (κ1) is 12.2. The van der Waals surface area contributed by atoms with Gasteiger partial charge < -0.3 is 10.1 Å². The number of carbonyl (C=O) groups is 1. The van der Waals surface area contributed by atoms with E-state index in [1.165, 1.54) is 17.3 Å². The summed E-state index contributed by atoms with van der Waals surface area (Å²) in [5.41, 5.74) is 0.579. The van der Waals surface area contributed by atoms with Gasteiger partial charge in [-0.1, -0.05) is 6.07 Å². The number of likely N-dealkylation sites (tertiary alicyclic amines) is 1. The Morgan fingerprint density at radius 3 is 2.84 bits per heavy atom. The van der Waals surface area contributed by atoms with Crippen molar-refractivity contribution in [3.63, 3.8) is 0 Å². The molecule has 1 atom stereocenters. The third-order valence-electron chi connectivity index (χ3n) is 3.43. The van der Waals surface area contributed by atoms with Crippen molar-refractivity contribution >= 4 is 17.2 Å². The Balaban J connectivity index is 1.84. The van der Waals surface area contributed by atoms with Crippen LogP contribution in [-0.4, -0.2) is 17.4 Å². The highest BCUT2D eigenvalue weighted by atomic mass is 32.1. The van der Waals surface area contributed by atoms with Crippen LogP contribution in [0.25, 0.3) is 0 Å². The van der Waals surface area contributed by atoms with Gasteiger partial charge >= 0.3 is 0 Å². The summed E-state index contributed by atoms with van der Waals surface area (Å²) in [7, 11) is 0. The maximum absolute atomic E-state index is 12.5. The lowest BCUT2D eigenvalue weighted by Crippen LogP contribution is -2.31. The van der Waals surface area contributed by atoms with Crippen LogP contribution in [0, 0.1) is 5.21 Å². The molecule has 0 N–H and O–H groups in total. The van der Waals surface area contributed by atoms with Gasteiger partial charge in [-0.25, -0.2) is 0 Å². The second-order valence-electron chi connectivity index (χ2n) is 4.62. The number of nitrogens with zero attached hydrogens (tertiary/aromatic N) is 2. The van der Waals surface area contributed by atoms with Crippen molar-refractivity contribution in [1.82, 2.24) is 4.90 Å². The highest BCUT2D eigenvalue weighted by Crippen LogP contribution is 2.35. The van der Waals surface area contributed by atoms with Gasteiger partial charge in [0.2, 0.25) is 0 Å². The monoisotopic (exact) mass is 274 g/mol. The molecule has 2 aromatic heterocycles. The zero-order valence-electron chi connectivity index (χ0n) is 10.4. The second kappa shape index (κ2) is 5.01. The molecular formula is C14H14N2O2S. The van der Waals surface area contributed by atoms with E-state index in [1.54, 1.807) is 23.5 Å². The van der Waals surface area contributed by atoms with E-state index in [4.69, 9.17) is 0 Å².